The highest BCUT2D eigenvalue weighted by Crippen LogP contribution is 2.34. The summed E-state index contributed by atoms with van der Waals surface area (Å²) in [6.07, 6.45) is -1.18. The minimum Gasteiger partial charge on any atom is -0.479 e. The highest BCUT2D eigenvalue weighted by molar-refractivity contribution is 6.33. The molecule has 0 spiro atoms. The highest BCUT2D eigenvalue weighted by atomic mass is 35.5. The molecule has 174 valence electrons. The Bertz CT molecular complexity index is 1090. The number of carboxylic acid groups (broad SMARTS) is 1. The summed E-state index contributed by atoms with van der Waals surface area (Å²) >= 11 is 5.89. The van der Waals surface area contributed by atoms with Gasteiger partial charge < -0.3 is 19.3 Å². The fraction of sp³-hybridized carbons (Fsp3) is 0.200. The van der Waals surface area contributed by atoms with Crippen LogP contribution in [0.2, 0.25) is 0 Å². The predicted molar refractivity (Wildman–Crippen MR) is 112 cm³/mol. The summed E-state index contributed by atoms with van der Waals surface area (Å²) in [7, 11) is 0. The van der Waals surface area contributed by atoms with Gasteiger partial charge in [0.2, 0.25) is 5.50 Å². The molecule has 2 rings (SSSR count). The van der Waals surface area contributed by atoms with E-state index in [4.69, 9.17) is 25.8 Å². The molecular weight excluding hydrogens is 464 g/mol. The number of amides is 1. The maximum atomic E-state index is 12.7. The van der Waals surface area contributed by atoms with Gasteiger partial charge in [0, 0.05) is 32.0 Å². The molecule has 1 N–H and O–H groups in total. The average Bonchev–Trinajstić information content (AvgIpc) is 2.73. The molecule has 0 aliphatic carbocycles. The normalized spacial score (nSPS) is 11.1. The number of nitro groups is 1. The summed E-state index contributed by atoms with van der Waals surface area (Å²) in [5.41, 5.74) is -1.83. The molecule has 1 atom stereocenters. The van der Waals surface area contributed by atoms with E-state index in [-0.39, 0.29) is 29.5 Å². The molecule has 0 heterocycles. The number of esters is 2. The van der Waals surface area contributed by atoms with Crippen molar-refractivity contribution in [3.63, 3.8) is 0 Å². The molecule has 0 aliphatic rings. The van der Waals surface area contributed by atoms with Crippen LogP contribution < -0.4 is 14.4 Å². The Balaban J connectivity index is 2.33. The first kappa shape index (κ1) is 25.1. The average molecular weight is 481 g/mol. The third-order valence-corrected chi connectivity index (χ3v) is 4.23. The van der Waals surface area contributed by atoms with E-state index < -0.39 is 34.4 Å². The lowest BCUT2D eigenvalue weighted by Gasteiger charge is -2.25. The molecule has 0 saturated carbocycles. The van der Waals surface area contributed by atoms with Crippen molar-refractivity contribution in [3.8, 4) is 11.5 Å². The van der Waals surface area contributed by atoms with Crippen LogP contribution in [0.15, 0.2) is 42.5 Å². The molecular formula is C20H17ClN2O10. The standard InChI is InChI=1S/C20H17ClN2O10/c1-11(24)32-16-8-7-15(9-17(16)33-12(2)25)22(18(21)19(26)27)20(28)31-10-13-3-5-14(6-4-13)23(29)30/h3-9,18H,10H2,1-2H3,(H,26,27). The number of alkyl halides is 1. The molecule has 0 aliphatic heterocycles. The quantitative estimate of drug-likeness (QED) is 0.148. The molecule has 0 radical (unpaired) electrons. The van der Waals surface area contributed by atoms with E-state index in [2.05, 4.69) is 0 Å². The van der Waals surface area contributed by atoms with Crippen molar-refractivity contribution >= 4 is 47.0 Å². The van der Waals surface area contributed by atoms with Crippen LogP contribution in [0.1, 0.15) is 19.4 Å². The van der Waals surface area contributed by atoms with Crippen LogP contribution >= 0.6 is 11.6 Å². The Kier molecular flexibility index (Phi) is 8.29. The van der Waals surface area contributed by atoms with Crippen LogP contribution in [0, 0.1) is 10.1 Å². The van der Waals surface area contributed by atoms with Crippen molar-refractivity contribution in [1.29, 1.82) is 0 Å². The van der Waals surface area contributed by atoms with Crippen LogP contribution in [-0.2, 0) is 25.7 Å². The lowest BCUT2D eigenvalue weighted by Crippen LogP contribution is -2.42. The van der Waals surface area contributed by atoms with Crippen molar-refractivity contribution in [1.82, 2.24) is 0 Å². The first-order valence-corrected chi connectivity index (χ1v) is 9.50. The van der Waals surface area contributed by atoms with E-state index in [1.54, 1.807) is 0 Å². The summed E-state index contributed by atoms with van der Waals surface area (Å²) in [5, 5.41) is 20.0. The Hall–Kier alpha value is -4.19. The largest absolute Gasteiger partial charge is 0.479 e. The molecule has 13 heteroatoms. The lowest BCUT2D eigenvalue weighted by molar-refractivity contribution is -0.384. The molecule has 33 heavy (non-hydrogen) atoms. The zero-order chi connectivity index (χ0) is 24.7. The van der Waals surface area contributed by atoms with Gasteiger partial charge in [0.1, 0.15) is 6.61 Å². The number of nitro benzene ring substituents is 1. The monoisotopic (exact) mass is 480 g/mol. The van der Waals surface area contributed by atoms with Gasteiger partial charge >= 0.3 is 24.0 Å². The van der Waals surface area contributed by atoms with E-state index in [1.807, 2.05) is 0 Å². The number of hydrogen-bond donors (Lipinski definition) is 1. The van der Waals surface area contributed by atoms with E-state index in [1.165, 1.54) is 36.4 Å². The number of halogens is 1. The molecule has 1 unspecified atom stereocenters. The van der Waals surface area contributed by atoms with E-state index >= 15 is 0 Å². The van der Waals surface area contributed by atoms with Crippen molar-refractivity contribution in [2.45, 2.75) is 26.0 Å². The highest BCUT2D eigenvalue weighted by Gasteiger charge is 2.31. The van der Waals surface area contributed by atoms with E-state index in [0.29, 0.717) is 10.5 Å². The van der Waals surface area contributed by atoms with Crippen molar-refractivity contribution in [2.24, 2.45) is 0 Å². The molecule has 2 aromatic rings. The van der Waals surface area contributed by atoms with Gasteiger partial charge in [0.15, 0.2) is 11.5 Å². The zero-order valence-electron chi connectivity index (χ0n) is 17.2. The second kappa shape index (κ2) is 10.9. The number of carboxylic acids is 1. The van der Waals surface area contributed by atoms with Gasteiger partial charge in [-0.25, -0.2) is 14.5 Å². The van der Waals surface area contributed by atoms with Gasteiger partial charge in [0.25, 0.3) is 5.69 Å². The number of benzene rings is 2. The lowest BCUT2D eigenvalue weighted by atomic mass is 10.2. The molecule has 2 aromatic carbocycles. The summed E-state index contributed by atoms with van der Waals surface area (Å²) < 4.78 is 15.0. The Morgan fingerprint density at radius 2 is 1.61 bits per heavy atom. The van der Waals surface area contributed by atoms with Crippen molar-refractivity contribution in [2.75, 3.05) is 4.90 Å². The van der Waals surface area contributed by atoms with Gasteiger partial charge in [-0.3, -0.25) is 19.7 Å². The molecule has 1 amide bonds. The first-order chi connectivity index (χ1) is 15.5. The number of carbonyl (C=O) groups excluding carboxylic acids is 3. The summed E-state index contributed by atoms with van der Waals surface area (Å²) in [6.45, 7) is 1.85. The molecule has 12 nitrogen and oxygen atoms in total. The predicted octanol–water partition coefficient (Wildman–Crippen LogP) is 3.24. The van der Waals surface area contributed by atoms with E-state index in [0.717, 1.165) is 19.9 Å². The van der Waals surface area contributed by atoms with Crippen LogP contribution in [0.4, 0.5) is 16.2 Å². The van der Waals surface area contributed by atoms with Gasteiger partial charge in [-0.05, 0) is 29.8 Å². The Labute approximate surface area is 191 Å². The second-order valence-corrected chi connectivity index (χ2v) is 6.75. The number of ether oxygens (including phenoxy) is 3. The molecule has 0 bridgehead atoms. The molecule has 0 saturated heterocycles. The smallest absolute Gasteiger partial charge is 0.416 e. The fourth-order valence-electron chi connectivity index (χ4n) is 2.49. The minimum atomic E-state index is -1.92. The number of nitrogens with zero attached hydrogens (tertiary/aromatic N) is 2. The number of carbonyl (C=O) groups is 4. The Morgan fingerprint density at radius 1 is 1.03 bits per heavy atom. The van der Waals surface area contributed by atoms with Crippen molar-refractivity contribution in [3.05, 3.63) is 58.1 Å². The number of hydrogen-bond acceptors (Lipinski definition) is 9. The maximum Gasteiger partial charge on any atom is 0.416 e. The third kappa shape index (κ3) is 6.90. The van der Waals surface area contributed by atoms with Gasteiger partial charge in [-0.1, -0.05) is 11.6 Å². The van der Waals surface area contributed by atoms with Crippen LogP contribution in [-0.4, -0.2) is 39.5 Å². The van der Waals surface area contributed by atoms with Gasteiger partial charge in [-0.15, -0.1) is 0 Å². The van der Waals surface area contributed by atoms with Crippen LogP contribution in [0.5, 0.6) is 11.5 Å². The number of non-ortho nitro benzene ring substituents is 1. The third-order valence-electron chi connectivity index (χ3n) is 3.85. The summed E-state index contributed by atoms with van der Waals surface area (Å²) in [5.74, 6) is -3.48. The topological polar surface area (TPSA) is 163 Å². The minimum absolute atomic E-state index is 0.141. The summed E-state index contributed by atoms with van der Waals surface area (Å²) in [6, 6.07) is 8.60. The number of rotatable bonds is 8. The molecule has 0 fully saturated rings. The Morgan fingerprint density at radius 3 is 2.12 bits per heavy atom. The number of anilines is 1. The fourth-order valence-corrected chi connectivity index (χ4v) is 2.68. The summed E-state index contributed by atoms with van der Waals surface area (Å²) in [4.78, 5) is 57.5. The molecule has 0 aromatic heterocycles. The van der Waals surface area contributed by atoms with Crippen LogP contribution in [0.25, 0.3) is 0 Å². The van der Waals surface area contributed by atoms with Crippen LogP contribution in [0.3, 0.4) is 0 Å². The first-order valence-electron chi connectivity index (χ1n) is 9.06. The second-order valence-electron chi connectivity index (χ2n) is 6.34. The number of aliphatic carboxylic acids is 1. The van der Waals surface area contributed by atoms with E-state index in [9.17, 15) is 34.4 Å². The zero-order valence-corrected chi connectivity index (χ0v) is 18.0. The van der Waals surface area contributed by atoms with Gasteiger partial charge in [-0.2, -0.15) is 0 Å². The van der Waals surface area contributed by atoms with Crippen molar-refractivity contribution < 1.29 is 43.4 Å². The maximum absolute atomic E-state index is 12.7. The SMILES string of the molecule is CC(=O)Oc1ccc(N(C(=O)OCc2ccc([N+](=O)[O-])cc2)C(Cl)C(=O)O)cc1OC(C)=O. The van der Waals surface area contributed by atoms with Gasteiger partial charge in [0.05, 0.1) is 10.6 Å².